The van der Waals surface area contributed by atoms with Gasteiger partial charge in [-0.15, -0.1) is 0 Å². The van der Waals surface area contributed by atoms with Crippen LogP contribution in [-0.4, -0.2) is 32.3 Å². The molecule has 0 aromatic carbocycles. The summed E-state index contributed by atoms with van der Waals surface area (Å²) in [5, 5.41) is 0. The zero-order valence-corrected chi connectivity index (χ0v) is 53.1. The summed E-state index contributed by atoms with van der Waals surface area (Å²) in [5.74, 6) is 0. The molecule has 0 aliphatic rings. The number of hydrogen-bond acceptors (Lipinski definition) is 0. The maximum Gasteiger partial charge on any atom is 0.135 e. The van der Waals surface area contributed by atoms with Gasteiger partial charge in [0.05, 0.1) is 0 Å². The zero-order valence-electron chi connectivity index (χ0n) is 15.1. The normalized spacial score (nSPS) is 16.8. The van der Waals surface area contributed by atoms with E-state index in [9.17, 15) is 0 Å². The Morgan fingerprint density at radius 1 is 0.222 bits per heavy atom. The minimum absolute atomic E-state index is 0.662. The maximum atomic E-state index is 3.92. The van der Waals surface area contributed by atoms with Crippen LogP contribution >= 0.6 is 382 Å². The molecule has 0 unspecified atom stereocenters. The molecule has 0 aliphatic carbocycles. The van der Waals surface area contributed by atoms with Crippen LogP contribution in [0.1, 0.15) is 0 Å². The van der Waals surface area contributed by atoms with Gasteiger partial charge in [0.2, 0.25) is 0 Å². The van der Waals surface area contributed by atoms with E-state index in [0.29, 0.717) is 7.47 Å². The lowest BCUT2D eigenvalue weighted by Crippen LogP contribution is -2.70. The molecule has 24 heteroatoms. The van der Waals surface area contributed by atoms with Gasteiger partial charge in [0.1, 0.15) is 39.8 Å². The third-order valence-electron chi connectivity index (χ3n) is 4.02. The van der Waals surface area contributed by atoms with E-state index in [-0.39, 0.29) is 0 Å². The first kappa shape index (κ1) is 47.5. The Morgan fingerprint density at radius 3 is 0.444 bits per heavy atom. The highest BCUT2D eigenvalue weighted by Gasteiger charge is 2.80. The summed E-state index contributed by atoms with van der Waals surface area (Å²) in [6, 6.07) is 0. The first-order valence-corrected chi connectivity index (χ1v) is 26.3. The van der Waals surface area contributed by atoms with E-state index in [0.717, 1.165) is 0 Å². The molecule has 0 saturated carbocycles. The molecule has 0 spiro atoms. The smallest absolute Gasteiger partial charge is 0.0675 e. The third-order valence-corrected chi connectivity index (χ3v) is 52.8. The highest BCUT2D eigenvalue weighted by Crippen LogP contribution is 2.80. The summed E-state index contributed by atoms with van der Waals surface area (Å²) in [5.41, 5.74) is 0. The average Bonchev–Trinajstić information content (AvgIpc) is 2.65. The highest BCUT2D eigenvalue weighted by molar-refractivity contribution is 9.38. The molecule has 0 aromatic rings. The average molecular weight is 2060 g/mol. The number of rotatable bonds is 11. The Hall–Kier alpha value is 11.5. The summed E-state index contributed by atoms with van der Waals surface area (Å²) < 4.78 is -9.09. The minimum Gasteiger partial charge on any atom is -0.0675 e. The Bertz CT molecular complexity index is 721. The van der Waals surface area contributed by atoms with Crippen LogP contribution in [0.4, 0.5) is 0 Å². The quantitative estimate of drug-likeness (QED) is 0.181. The lowest BCUT2D eigenvalue weighted by molar-refractivity contribution is 0.558. The molecule has 0 saturated heterocycles. The van der Waals surface area contributed by atoms with E-state index in [1.54, 1.807) is 0 Å². The SMILES string of the molecule is Br[C](Br)C(Br)(Br)C(Br)(Br)C(Br)(Br)C(Br)(Br)C(Br)(Br)C(Br)(Br)C(Br)(Br)C(Br)(Br)C(Br)(Br)C(Br)(Br)[C](Br)Br. The Kier molecular flexibility index (Phi) is 21.2. The molecule has 0 fully saturated rings. The van der Waals surface area contributed by atoms with Crippen molar-refractivity contribution >= 4 is 382 Å². The molecule has 0 bridgehead atoms. The Balaban J connectivity index is 7.16. The van der Waals surface area contributed by atoms with E-state index in [1.807, 2.05) is 0 Å². The minimum atomic E-state index is -1.14. The van der Waals surface area contributed by atoms with Gasteiger partial charge in [-0.05, 0) is 0 Å². The second kappa shape index (κ2) is 16.0. The molecule has 36 heavy (non-hydrogen) atoms. The van der Waals surface area contributed by atoms with E-state index >= 15 is 0 Å². The van der Waals surface area contributed by atoms with Crippen LogP contribution in [0.2, 0.25) is 0 Å². The van der Waals surface area contributed by atoms with E-state index < -0.39 is 32.3 Å². The lowest BCUT2D eigenvalue weighted by atomic mass is 10.0. The molecular weight excluding hydrogens is 2060 g/mol. The van der Waals surface area contributed by atoms with Crippen LogP contribution in [0.25, 0.3) is 0 Å². The van der Waals surface area contributed by atoms with Gasteiger partial charge in [-0.2, -0.15) is 0 Å². The molecule has 0 N–H and O–H groups in total. The van der Waals surface area contributed by atoms with Crippen LogP contribution in [0.15, 0.2) is 0 Å². The molecule has 0 aromatic heterocycles. The van der Waals surface area contributed by atoms with Crippen molar-refractivity contribution in [3.05, 3.63) is 7.47 Å². The van der Waals surface area contributed by atoms with Gasteiger partial charge >= 0.3 is 0 Å². The van der Waals surface area contributed by atoms with Gasteiger partial charge in [-0.1, -0.05) is 382 Å². The molecule has 0 atom stereocenters. The first-order chi connectivity index (χ1) is 15.1. The largest absolute Gasteiger partial charge is 0.135 e. The molecular formula is C12Br24. The van der Waals surface area contributed by atoms with Crippen molar-refractivity contribution in [2.45, 2.75) is 32.3 Å². The molecule has 0 heterocycles. The molecule has 216 valence electrons. The lowest BCUT2D eigenvalue weighted by Gasteiger charge is -2.60. The molecule has 0 rings (SSSR count). The molecule has 0 aliphatic heterocycles. The van der Waals surface area contributed by atoms with Crippen LogP contribution < -0.4 is 0 Å². The maximum absolute atomic E-state index is 3.92. The van der Waals surface area contributed by atoms with Gasteiger partial charge in [-0.3, -0.25) is 0 Å². The van der Waals surface area contributed by atoms with Crippen LogP contribution in [0.5, 0.6) is 0 Å². The van der Waals surface area contributed by atoms with Crippen molar-refractivity contribution in [1.82, 2.24) is 0 Å². The van der Waals surface area contributed by atoms with Crippen LogP contribution in [0.3, 0.4) is 0 Å². The van der Waals surface area contributed by atoms with Gasteiger partial charge in [0.15, 0.2) is 0 Å². The summed E-state index contributed by atoms with van der Waals surface area (Å²) in [4.78, 5) is 0. The van der Waals surface area contributed by atoms with Gasteiger partial charge in [0.25, 0.3) is 0 Å². The van der Waals surface area contributed by atoms with Crippen LogP contribution in [0, 0.1) is 7.47 Å². The molecule has 0 nitrogen and oxygen atoms in total. The second-order valence-electron chi connectivity index (χ2n) is 6.26. The predicted molar refractivity (Wildman–Crippen MR) is 248 cm³/mol. The summed E-state index contributed by atoms with van der Waals surface area (Å²) in [6.45, 7) is 0. The van der Waals surface area contributed by atoms with Crippen molar-refractivity contribution in [2.24, 2.45) is 0 Å². The highest BCUT2D eigenvalue weighted by atomic mass is 80.0. The van der Waals surface area contributed by atoms with E-state index in [2.05, 4.69) is 382 Å². The van der Waals surface area contributed by atoms with Crippen molar-refractivity contribution < 1.29 is 0 Å². The summed E-state index contributed by atoms with van der Waals surface area (Å²) in [7, 11) is 0. The third kappa shape index (κ3) is 8.26. The topological polar surface area (TPSA) is 0 Å². The van der Waals surface area contributed by atoms with Gasteiger partial charge in [-0.25, -0.2) is 0 Å². The van der Waals surface area contributed by atoms with Crippen molar-refractivity contribution in [3.63, 3.8) is 0 Å². The first-order valence-electron chi connectivity index (χ1n) is 7.29. The molecule has 2 radical (unpaired) electrons. The Morgan fingerprint density at radius 2 is 0.333 bits per heavy atom. The Labute approximate surface area is 412 Å². The number of alkyl halides is 20. The fourth-order valence-corrected chi connectivity index (χ4v) is 24.0. The molecule has 0 amide bonds. The van der Waals surface area contributed by atoms with Gasteiger partial charge in [0, 0.05) is 0 Å². The van der Waals surface area contributed by atoms with Crippen LogP contribution in [-0.2, 0) is 0 Å². The van der Waals surface area contributed by atoms with Gasteiger partial charge < -0.3 is 0 Å². The number of hydrogen-bond donors (Lipinski definition) is 0. The van der Waals surface area contributed by atoms with E-state index in [4.69, 9.17) is 0 Å². The fraction of sp³-hybridized carbons (Fsp3) is 0.833. The fourth-order valence-electron chi connectivity index (χ4n) is 1.81. The number of halogens is 24. The summed E-state index contributed by atoms with van der Waals surface area (Å²) >= 11 is 90.9. The zero-order chi connectivity index (χ0) is 30.2. The van der Waals surface area contributed by atoms with E-state index in [1.165, 1.54) is 0 Å². The summed E-state index contributed by atoms with van der Waals surface area (Å²) in [6.07, 6.45) is 0. The monoisotopic (exact) mass is 2040 g/mol. The predicted octanol–water partition coefficient (Wildman–Crippen LogP) is 18.4. The van der Waals surface area contributed by atoms with Crippen molar-refractivity contribution in [3.8, 4) is 0 Å². The standard InChI is InChI=1S/C12Br24/c13-1(14)3(17,18)5(21,22)7(25,26)9(29,30)11(33,34)12(35,36)10(31,32)8(27,28)6(23,24)4(19,20)2(15)16. The second-order valence-corrected chi connectivity index (χ2v) is 46.0. The van der Waals surface area contributed by atoms with Crippen molar-refractivity contribution in [1.29, 1.82) is 0 Å². The van der Waals surface area contributed by atoms with Crippen molar-refractivity contribution in [2.75, 3.05) is 0 Å².